The highest BCUT2D eigenvalue weighted by Gasteiger charge is 2.48. The van der Waals surface area contributed by atoms with Crippen LogP contribution in [0.5, 0.6) is 0 Å². The van der Waals surface area contributed by atoms with Gasteiger partial charge in [0.1, 0.15) is 6.33 Å². The molecule has 2 aliphatic heterocycles. The summed E-state index contributed by atoms with van der Waals surface area (Å²) >= 11 is 1.51. The number of likely N-dealkylation sites (tertiary alicyclic amines) is 1. The number of aromatic nitrogens is 2. The Labute approximate surface area is 131 Å². The molecule has 2 aromatic rings. The fourth-order valence-electron chi connectivity index (χ4n) is 3.26. The number of carbonyl (C=O) groups is 2. The monoisotopic (exact) mass is 314 g/mol. The van der Waals surface area contributed by atoms with E-state index >= 15 is 0 Å². The molecule has 0 bridgehead atoms. The van der Waals surface area contributed by atoms with E-state index in [9.17, 15) is 9.59 Å². The minimum Gasteiger partial charge on any atom is -0.337 e. The Hall–Kier alpha value is -2.28. The lowest BCUT2D eigenvalue weighted by molar-refractivity contribution is -0.120. The van der Waals surface area contributed by atoms with Crippen LogP contribution in [-0.2, 0) is 4.79 Å². The normalized spacial score (nSPS) is 23.9. The third-order valence-electron chi connectivity index (χ3n) is 4.36. The van der Waals surface area contributed by atoms with E-state index in [1.54, 1.807) is 22.2 Å². The molecule has 4 rings (SSSR count). The molecule has 0 aliphatic carbocycles. The number of hydrogen-bond donors (Lipinski definition) is 0. The maximum Gasteiger partial charge on any atom is 0.254 e. The summed E-state index contributed by atoms with van der Waals surface area (Å²) in [6.45, 7) is 1.77. The van der Waals surface area contributed by atoms with E-state index in [-0.39, 0.29) is 23.7 Å². The second kappa shape index (κ2) is 5.17. The van der Waals surface area contributed by atoms with Gasteiger partial charge >= 0.3 is 0 Å². The molecule has 22 heavy (non-hydrogen) atoms. The first-order valence-corrected chi connectivity index (χ1v) is 8.06. The first-order chi connectivity index (χ1) is 10.7. The van der Waals surface area contributed by atoms with E-state index in [0.717, 1.165) is 5.69 Å². The van der Waals surface area contributed by atoms with Gasteiger partial charge in [-0.05, 0) is 11.4 Å². The van der Waals surface area contributed by atoms with Crippen LogP contribution >= 0.6 is 11.3 Å². The van der Waals surface area contributed by atoms with Gasteiger partial charge in [-0.15, -0.1) is 0 Å². The predicted octanol–water partition coefficient (Wildman–Crippen LogP) is 1.27. The van der Waals surface area contributed by atoms with Gasteiger partial charge in [-0.25, -0.2) is 9.97 Å². The lowest BCUT2D eigenvalue weighted by atomic mass is 10.0. The van der Waals surface area contributed by atoms with Crippen LogP contribution in [0, 0.1) is 11.8 Å². The Kier molecular flexibility index (Phi) is 3.15. The Morgan fingerprint density at radius 3 is 2.73 bits per heavy atom. The van der Waals surface area contributed by atoms with Crippen molar-refractivity contribution in [1.82, 2.24) is 14.9 Å². The van der Waals surface area contributed by atoms with Crippen molar-refractivity contribution >= 4 is 28.8 Å². The van der Waals surface area contributed by atoms with Crippen LogP contribution < -0.4 is 4.90 Å². The molecule has 0 N–H and O–H groups in total. The average molecular weight is 314 g/mol. The standard InChI is InChI=1S/C15H14N4O2S/c20-14(10-1-2-22-8-10)18-5-11-6-19(15(21)13(11)7-18)12-3-16-9-17-4-12/h1-4,8-9,11,13H,5-7H2/t11-,13-/m0/s1. The van der Waals surface area contributed by atoms with Gasteiger partial charge in [0.15, 0.2) is 0 Å². The van der Waals surface area contributed by atoms with Crippen LogP contribution in [0.4, 0.5) is 5.69 Å². The number of nitrogens with zero attached hydrogens (tertiary/aromatic N) is 4. The molecule has 0 aromatic carbocycles. The zero-order chi connectivity index (χ0) is 15.1. The second-order valence-corrected chi connectivity index (χ2v) is 6.41. The molecule has 2 fully saturated rings. The van der Waals surface area contributed by atoms with E-state index < -0.39 is 0 Å². The second-order valence-electron chi connectivity index (χ2n) is 5.63. The van der Waals surface area contributed by atoms with Gasteiger partial charge in [0.25, 0.3) is 5.91 Å². The lowest BCUT2D eigenvalue weighted by Crippen LogP contribution is -2.35. The maximum atomic E-state index is 12.6. The number of anilines is 1. The zero-order valence-corrected chi connectivity index (χ0v) is 12.6. The number of rotatable bonds is 2. The Morgan fingerprint density at radius 2 is 2.05 bits per heavy atom. The zero-order valence-electron chi connectivity index (χ0n) is 11.8. The molecule has 7 heteroatoms. The molecule has 2 saturated heterocycles. The first kappa shape index (κ1) is 13.4. The molecule has 2 atom stereocenters. The molecule has 6 nitrogen and oxygen atoms in total. The summed E-state index contributed by atoms with van der Waals surface area (Å²) in [6, 6.07) is 1.83. The molecule has 2 amide bonds. The number of fused-ring (bicyclic) bond motifs is 1. The van der Waals surface area contributed by atoms with Crippen molar-refractivity contribution in [3.63, 3.8) is 0 Å². The molecule has 112 valence electrons. The van der Waals surface area contributed by atoms with Gasteiger partial charge in [-0.2, -0.15) is 11.3 Å². The van der Waals surface area contributed by atoms with Crippen molar-refractivity contribution in [1.29, 1.82) is 0 Å². The van der Waals surface area contributed by atoms with Crippen molar-refractivity contribution in [2.45, 2.75) is 0 Å². The van der Waals surface area contributed by atoms with Crippen molar-refractivity contribution in [2.75, 3.05) is 24.5 Å². The summed E-state index contributed by atoms with van der Waals surface area (Å²) in [4.78, 5) is 36.4. The van der Waals surface area contributed by atoms with Gasteiger partial charge in [0.2, 0.25) is 5.91 Å². The minimum absolute atomic E-state index is 0.0260. The van der Waals surface area contributed by atoms with E-state index in [4.69, 9.17) is 0 Å². The molecule has 0 saturated carbocycles. The topological polar surface area (TPSA) is 66.4 Å². The molecular weight excluding hydrogens is 300 g/mol. The number of hydrogen-bond acceptors (Lipinski definition) is 5. The summed E-state index contributed by atoms with van der Waals surface area (Å²) in [5.74, 6) is 0.177. The highest BCUT2D eigenvalue weighted by Crippen LogP contribution is 2.35. The molecule has 0 unspecified atom stereocenters. The molecule has 0 spiro atoms. The Morgan fingerprint density at radius 1 is 1.23 bits per heavy atom. The van der Waals surface area contributed by atoms with Crippen molar-refractivity contribution in [2.24, 2.45) is 11.8 Å². The van der Waals surface area contributed by atoms with Crippen molar-refractivity contribution in [3.8, 4) is 0 Å². The van der Waals surface area contributed by atoms with Crippen LogP contribution in [0.25, 0.3) is 0 Å². The van der Waals surface area contributed by atoms with Crippen LogP contribution in [0.15, 0.2) is 35.5 Å². The summed E-state index contributed by atoms with van der Waals surface area (Å²) in [5.41, 5.74) is 1.45. The summed E-state index contributed by atoms with van der Waals surface area (Å²) < 4.78 is 0. The van der Waals surface area contributed by atoms with Gasteiger partial charge in [0.05, 0.1) is 29.6 Å². The van der Waals surface area contributed by atoms with Crippen molar-refractivity contribution < 1.29 is 9.59 Å². The Bertz CT molecular complexity index is 704. The quantitative estimate of drug-likeness (QED) is 0.837. The van der Waals surface area contributed by atoms with E-state index in [2.05, 4.69) is 9.97 Å². The SMILES string of the molecule is O=C(c1ccsc1)N1C[C@H]2CN(c3cncnc3)C(=O)[C@H]2C1. The number of thiophene rings is 1. The summed E-state index contributed by atoms with van der Waals surface area (Å²) in [5, 5.41) is 3.75. The van der Waals surface area contributed by atoms with Crippen LogP contribution in [0.3, 0.4) is 0 Å². The highest BCUT2D eigenvalue weighted by atomic mass is 32.1. The van der Waals surface area contributed by atoms with Gasteiger partial charge in [-0.1, -0.05) is 0 Å². The van der Waals surface area contributed by atoms with Crippen LogP contribution in [-0.4, -0.2) is 46.3 Å². The first-order valence-electron chi connectivity index (χ1n) is 7.12. The largest absolute Gasteiger partial charge is 0.337 e. The Balaban J connectivity index is 1.50. The molecule has 2 aliphatic rings. The summed E-state index contributed by atoms with van der Waals surface area (Å²) in [7, 11) is 0. The van der Waals surface area contributed by atoms with Crippen LogP contribution in [0.2, 0.25) is 0 Å². The van der Waals surface area contributed by atoms with Gasteiger partial charge in [-0.3, -0.25) is 9.59 Å². The van der Waals surface area contributed by atoms with E-state index in [1.807, 2.05) is 16.8 Å². The third kappa shape index (κ3) is 2.09. The number of amides is 2. The highest BCUT2D eigenvalue weighted by molar-refractivity contribution is 7.08. The molecule has 0 radical (unpaired) electrons. The molecule has 4 heterocycles. The maximum absolute atomic E-state index is 12.6. The third-order valence-corrected chi connectivity index (χ3v) is 5.04. The smallest absolute Gasteiger partial charge is 0.254 e. The van der Waals surface area contributed by atoms with Gasteiger partial charge in [0, 0.05) is 30.9 Å². The minimum atomic E-state index is -0.109. The van der Waals surface area contributed by atoms with Crippen molar-refractivity contribution in [3.05, 3.63) is 41.1 Å². The lowest BCUT2D eigenvalue weighted by Gasteiger charge is -2.21. The van der Waals surface area contributed by atoms with Crippen LogP contribution in [0.1, 0.15) is 10.4 Å². The van der Waals surface area contributed by atoms with E-state index in [1.165, 1.54) is 17.7 Å². The number of carbonyl (C=O) groups excluding carboxylic acids is 2. The molecular formula is C15H14N4O2S. The fourth-order valence-corrected chi connectivity index (χ4v) is 3.89. The summed E-state index contributed by atoms with van der Waals surface area (Å²) in [6.07, 6.45) is 4.76. The van der Waals surface area contributed by atoms with Gasteiger partial charge < -0.3 is 9.80 Å². The van der Waals surface area contributed by atoms with E-state index in [0.29, 0.717) is 25.2 Å². The average Bonchev–Trinajstić information content (AvgIpc) is 3.25. The molecule has 2 aromatic heterocycles. The predicted molar refractivity (Wildman–Crippen MR) is 81.6 cm³/mol. The fraction of sp³-hybridized carbons (Fsp3) is 0.333.